The lowest BCUT2D eigenvalue weighted by molar-refractivity contribution is 0.0999. The lowest BCUT2D eigenvalue weighted by Gasteiger charge is -2.23. The van der Waals surface area contributed by atoms with Crippen LogP contribution in [0.1, 0.15) is 39.9 Å². The monoisotopic (exact) mass is 425 g/mol. The number of benzene rings is 2. The molecule has 4 aromatic rings. The number of hydrogen-bond donors (Lipinski definition) is 1. The highest BCUT2D eigenvalue weighted by Gasteiger charge is 2.48. The Morgan fingerprint density at radius 3 is 2.41 bits per heavy atom. The summed E-state index contributed by atoms with van der Waals surface area (Å²) >= 11 is 0. The highest BCUT2D eigenvalue weighted by molar-refractivity contribution is 5.95. The Morgan fingerprint density at radius 1 is 0.969 bits per heavy atom. The van der Waals surface area contributed by atoms with Crippen molar-refractivity contribution in [3.05, 3.63) is 89.4 Å². The van der Waals surface area contributed by atoms with E-state index in [1.54, 1.807) is 43.9 Å². The molecule has 2 heterocycles. The van der Waals surface area contributed by atoms with Crippen LogP contribution >= 0.6 is 0 Å². The van der Waals surface area contributed by atoms with E-state index in [-0.39, 0.29) is 5.41 Å². The Labute approximate surface area is 186 Å². The maximum atomic E-state index is 12.3. The quantitative estimate of drug-likeness (QED) is 0.474. The number of nitrogens with zero attached hydrogens (tertiary/aromatic N) is 2. The Bertz CT molecular complexity index is 1330. The normalized spacial score (nSPS) is 14.2. The number of fused-ring (bicyclic) bond motifs is 1. The molecule has 0 radical (unpaired) electrons. The van der Waals surface area contributed by atoms with Crippen LogP contribution in [0.3, 0.4) is 0 Å². The molecule has 160 valence electrons. The van der Waals surface area contributed by atoms with Gasteiger partial charge in [-0.2, -0.15) is 0 Å². The van der Waals surface area contributed by atoms with Gasteiger partial charge < -0.3 is 15.2 Å². The van der Waals surface area contributed by atoms with Gasteiger partial charge in [-0.3, -0.25) is 14.8 Å². The summed E-state index contributed by atoms with van der Waals surface area (Å²) in [6.07, 6.45) is 7.00. The number of amides is 1. The number of ether oxygens (including phenoxy) is 2. The highest BCUT2D eigenvalue weighted by atomic mass is 16.5. The lowest BCUT2D eigenvalue weighted by Crippen LogP contribution is -2.18. The van der Waals surface area contributed by atoms with Gasteiger partial charge in [-0.05, 0) is 72.9 Å². The summed E-state index contributed by atoms with van der Waals surface area (Å²) in [5.74, 6) is 1.50. The maximum absolute atomic E-state index is 12.3. The van der Waals surface area contributed by atoms with Crippen LogP contribution in [0.5, 0.6) is 17.2 Å². The number of rotatable bonds is 6. The Hall–Kier alpha value is -3.93. The fraction of sp³-hybridized carbons (Fsp3) is 0.192. The summed E-state index contributed by atoms with van der Waals surface area (Å²) in [7, 11) is 1.66. The predicted molar refractivity (Wildman–Crippen MR) is 122 cm³/mol. The van der Waals surface area contributed by atoms with Crippen LogP contribution in [-0.2, 0) is 5.41 Å². The SMILES string of the molecule is COc1cc(C2(c3cc(Oc4ccncc4)cc(C(N)=O)c3C)CC2)c2cccnc2c1. The van der Waals surface area contributed by atoms with Gasteiger partial charge in [0.1, 0.15) is 17.2 Å². The van der Waals surface area contributed by atoms with Crippen molar-refractivity contribution in [1.82, 2.24) is 9.97 Å². The number of carbonyl (C=O) groups excluding carboxylic acids is 1. The Kier molecular flexibility index (Phi) is 4.78. The molecule has 2 aromatic carbocycles. The number of methoxy groups -OCH3 is 1. The molecule has 1 aliphatic rings. The number of aromatic nitrogens is 2. The van der Waals surface area contributed by atoms with E-state index in [4.69, 9.17) is 15.2 Å². The second-order valence-electron chi connectivity index (χ2n) is 8.12. The van der Waals surface area contributed by atoms with E-state index in [0.717, 1.165) is 46.2 Å². The largest absolute Gasteiger partial charge is 0.497 e. The molecule has 0 saturated heterocycles. The molecule has 5 rings (SSSR count). The minimum atomic E-state index is -0.475. The molecule has 0 unspecified atom stereocenters. The first-order chi connectivity index (χ1) is 15.5. The number of pyridine rings is 2. The van der Waals surface area contributed by atoms with Gasteiger partial charge in [-0.25, -0.2) is 0 Å². The minimum Gasteiger partial charge on any atom is -0.497 e. The third-order valence-electron chi connectivity index (χ3n) is 6.24. The number of carbonyl (C=O) groups is 1. The van der Waals surface area contributed by atoms with E-state index >= 15 is 0 Å². The summed E-state index contributed by atoms with van der Waals surface area (Å²) in [5.41, 5.74) is 9.88. The average Bonchev–Trinajstić information content (AvgIpc) is 3.61. The van der Waals surface area contributed by atoms with Gasteiger partial charge in [0, 0.05) is 41.0 Å². The maximum Gasteiger partial charge on any atom is 0.249 e. The molecule has 1 saturated carbocycles. The van der Waals surface area contributed by atoms with Crippen LogP contribution in [-0.4, -0.2) is 23.0 Å². The lowest BCUT2D eigenvalue weighted by atomic mass is 9.81. The molecule has 2 N–H and O–H groups in total. The molecular formula is C26H23N3O3. The fourth-order valence-corrected chi connectivity index (χ4v) is 4.52. The molecule has 6 heteroatoms. The summed E-state index contributed by atoms with van der Waals surface area (Å²) in [5, 5.41) is 1.08. The van der Waals surface area contributed by atoms with E-state index in [1.807, 2.05) is 25.1 Å². The minimum absolute atomic E-state index is 0.262. The average molecular weight is 425 g/mol. The summed E-state index contributed by atoms with van der Waals surface area (Å²) < 4.78 is 11.6. The van der Waals surface area contributed by atoms with Gasteiger partial charge in [-0.15, -0.1) is 0 Å². The second kappa shape index (κ2) is 7.64. The van der Waals surface area contributed by atoms with Crippen molar-refractivity contribution in [2.24, 2.45) is 5.73 Å². The van der Waals surface area contributed by atoms with E-state index in [2.05, 4.69) is 22.1 Å². The van der Waals surface area contributed by atoms with Crippen molar-refractivity contribution in [3.8, 4) is 17.2 Å². The molecule has 0 spiro atoms. The standard InChI is InChI=1S/C26H23N3O3/c1-16-21(25(27)30)12-19(32-17-5-10-28-11-6-17)14-22(16)26(7-8-26)23-13-18(31-2)15-24-20(23)4-3-9-29-24/h3-6,9-15H,7-8H2,1-2H3,(H2,27,30). The zero-order chi connectivity index (χ0) is 22.3. The first-order valence-electron chi connectivity index (χ1n) is 10.5. The van der Waals surface area contributed by atoms with Crippen LogP contribution in [0.25, 0.3) is 10.9 Å². The van der Waals surface area contributed by atoms with Gasteiger partial charge in [-0.1, -0.05) is 6.07 Å². The molecule has 32 heavy (non-hydrogen) atoms. The first kappa shape index (κ1) is 20.0. The molecule has 0 bridgehead atoms. The van der Waals surface area contributed by atoms with Crippen LogP contribution in [0.4, 0.5) is 0 Å². The molecule has 6 nitrogen and oxygen atoms in total. The summed E-state index contributed by atoms with van der Waals surface area (Å²) in [6.45, 7) is 1.95. The predicted octanol–water partition coefficient (Wildman–Crippen LogP) is 4.92. The van der Waals surface area contributed by atoms with Crippen LogP contribution in [0, 0.1) is 6.92 Å². The number of primary amides is 1. The third-order valence-corrected chi connectivity index (χ3v) is 6.24. The third kappa shape index (κ3) is 3.34. The van der Waals surface area contributed by atoms with E-state index in [1.165, 1.54) is 0 Å². The van der Waals surface area contributed by atoms with Gasteiger partial charge in [0.25, 0.3) is 0 Å². The van der Waals surface area contributed by atoms with E-state index in [0.29, 0.717) is 17.1 Å². The van der Waals surface area contributed by atoms with Crippen molar-refractivity contribution in [2.75, 3.05) is 7.11 Å². The van der Waals surface area contributed by atoms with E-state index in [9.17, 15) is 4.79 Å². The molecular weight excluding hydrogens is 402 g/mol. The van der Waals surface area contributed by atoms with Gasteiger partial charge in [0.2, 0.25) is 5.91 Å². The van der Waals surface area contributed by atoms with Crippen LogP contribution < -0.4 is 15.2 Å². The second-order valence-corrected chi connectivity index (χ2v) is 8.12. The molecule has 1 aliphatic carbocycles. The van der Waals surface area contributed by atoms with Crippen molar-refractivity contribution in [3.63, 3.8) is 0 Å². The van der Waals surface area contributed by atoms with Crippen molar-refractivity contribution in [1.29, 1.82) is 0 Å². The molecule has 0 atom stereocenters. The van der Waals surface area contributed by atoms with Crippen LogP contribution in [0.2, 0.25) is 0 Å². The molecule has 2 aromatic heterocycles. The zero-order valence-electron chi connectivity index (χ0n) is 18.0. The molecule has 1 fully saturated rings. The Balaban J connectivity index is 1.71. The number of hydrogen-bond acceptors (Lipinski definition) is 5. The first-order valence-corrected chi connectivity index (χ1v) is 10.5. The smallest absolute Gasteiger partial charge is 0.249 e. The van der Waals surface area contributed by atoms with Gasteiger partial charge >= 0.3 is 0 Å². The summed E-state index contributed by atoms with van der Waals surface area (Å²) in [4.78, 5) is 20.9. The summed E-state index contributed by atoms with van der Waals surface area (Å²) in [6, 6.07) is 15.3. The van der Waals surface area contributed by atoms with Crippen molar-refractivity contribution >= 4 is 16.8 Å². The molecule has 0 aliphatic heterocycles. The van der Waals surface area contributed by atoms with Gasteiger partial charge in [0.15, 0.2) is 0 Å². The van der Waals surface area contributed by atoms with E-state index < -0.39 is 5.91 Å². The Morgan fingerprint density at radius 2 is 1.72 bits per heavy atom. The van der Waals surface area contributed by atoms with Crippen LogP contribution in [0.15, 0.2) is 67.1 Å². The van der Waals surface area contributed by atoms with Crippen molar-refractivity contribution < 1.29 is 14.3 Å². The zero-order valence-corrected chi connectivity index (χ0v) is 18.0. The molecule has 1 amide bonds. The van der Waals surface area contributed by atoms with Gasteiger partial charge in [0.05, 0.1) is 12.6 Å². The topological polar surface area (TPSA) is 87.3 Å². The number of nitrogens with two attached hydrogens (primary N) is 1. The highest BCUT2D eigenvalue weighted by Crippen LogP contribution is 2.57. The fourth-order valence-electron chi connectivity index (χ4n) is 4.52. The van der Waals surface area contributed by atoms with Crippen molar-refractivity contribution in [2.45, 2.75) is 25.2 Å².